The molecule has 1 N–H and O–H groups in total. The first-order valence-corrected chi connectivity index (χ1v) is 14.6. The number of rotatable bonds is 13. The molecular formula is C30H36FN3O5S. The number of ether oxygens (including phenoxy) is 1. The van der Waals surface area contributed by atoms with Crippen molar-refractivity contribution in [3.05, 3.63) is 90.2 Å². The molecule has 3 rings (SSSR count). The minimum atomic E-state index is -4.26. The van der Waals surface area contributed by atoms with Gasteiger partial charge >= 0.3 is 0 Å². The third kappa shape index (κ3) is 8.05. The molecule has 0 spiro atoms. The number of nitrogens with one attached hydrogen (secondary N) is 1. The summed E-state index contributed by atoms with van der Waals surface area (Å²) in [6.45, 7) is 7.70. The van der Waals surface area contributed by atoms with Gasteiger partial charge in [-0.3, -0.25) is 13.9 Å². The summed E-state index contributed by atoms with van der Waals surface area (Å²) in [6.07, 6.45) is 0. The highest BCUT2D eigenvalue weighted by atomic mass is 32.2. The number of carbonyl (C=O) groups is 2. The van der Waals surface area contributed by atoms with Gasteiger partial charge in [0.2, 0.25) is 11.8 Å². The predicted molar refractivity (Wildman–Crippen MR) is 153 cm³/mol. The molecule has 214 valence electrons. The van der Waals surface area contributed by atoms with Gasteiger partial charge in [-0.1, -0.05) is 44.2 Å². The number of halogens is 1. The summed E-state index contributed by atoms with van der Waals surface area (Å²) in [6, 6.07) is 19.0. The van der Waals surface area contributed by atoms with Crippen molar-refractivity contribution in [3.8, 4) is 5.75 Å². The maximum absolute atomic E-state index is 13.8. The molecule has 8 nitrogen and oxygen atoms in total. The lowest BCUT2D eigenvalue weighted by atomic mass is 10.1. The van der Waals surface area contributed by atoms with Crippen molar-refractivity contribution in [3.63, 3.8) is 0 Å². The first-order chi connectivity index (χ1) is 19.0. The van der Waals surface area contributed by atoms with Gasteiger partial charge < -0.3 is 15.0 Å². The molecule has 0 aliphatic rings. The molecule has 0 radical (unpaired) electrons. The van der Waals surface area contributed by atoms with Crippen molar-refractivity contribution in [2.24, 2.45) is 5.92 Å². The van der Waals surface area contributed by atoms with E-state index in [9.17, 15) is 22.4 Å². The number of carbonyl (C=O) groups excluding carboxylic acids is 2. The molecule has 0 aliphatic heterocycles. The zero-order chi connectivity index (χ0) is 29.3. The van der Waals surface area contributed by atoms with Crippen LogP contribution in [0.25, 0.3) is 0 Å². The Balaban J connectivity index is 1.98. The fourth-order valence-corrected chi connectivity index (χ4v) is 5.37. The zero-order valence-corrected chi connectivity index (χ0v) is 24.0. The van der Waals surface area contributed by atoms with E-state index < -0.39 is 34.3 Å². The van der Waals surface area contributed by atoms with E-state index in [0.717, 1.165) is 22.0 Å². The van der Waals surface area contributed by atoms with Gasteiger partial charge in [0, 0.05) is 13.1 Å². The molecule has 1 atom stereocenters. The summed E-state index contributed by atoms with van der Waals surface area (Å²) < 4.78 is 47.7. The fourth-order valence-electron chi connectivity index (χ4n) is 3.95. The second kappa shape index (κ2) is 13.9. The monoisotopic (exact) mass is 569 g/mol. The van der Waals surface area contributed by atoms with Crippen LogP contribution in [0.3, 0.4) is 0 Å². The summed E-state index contributed by atoms with van der Waals surface area (Å²) in [4.78, 5) is 28.1. The Hall–Kier alpha value is -3.92. The lowest BCUT2D eigenvalue weighted by Gasteiger charge is -2.32. The number of anilines is 1. The first kappa shape index (κ1) is 30.6. The summed E-state index contributed by atoms with van der Waals surface area (Å²) >= 11 is 0. The van der Waals surface area contributed by atoms with Crippen molar-refractivity contribution >= 4 is 27.5 Å². The van der Waals surface area contributed by atoms with Crippen LogP contribution in [0, 0.1) is 11.7 Å². The maximum atomic E-state index is 13.8. The Bertz CT molecular complexity index is 1360. The lowest BCUT2D eigenvalue weighted by molar-refractivity contribution is -0.139. The van der Waals surface area contributed by atoms with Crippen LogP contribution in [0.5, 0.6) is 5.75 Å². The van der Waals surface area contributed by atoms with Crippen molar-refractivity contribution < 1.29 is 27.1 Å². The van der Waals surface area contributed by atoms with Crippen molar-refractivity contribution in [1.82, 2.24) is 10.2 Å². The van der Waals surface area contributed by atoms with Crippen molar-refractivity contribution in [2.75, 3.05) is 24.0 Å². The molecule has 0 saturated carbocycles. The predicted octanol–water partition coefficient (Wildman–Crippen LogP) is 4.61. The van der Waals surface area contributed by atoms with Crippen LogP contribution in [0.1, 0.15) is 33.3 Å². The summed E-state index contributed by atoms with van der Waals surface area (Å²) in [5.41, 5.74) is 0.891. The second-order valence-corrected chi connectivity index (χ2v) is 11.6. The molecule has 0 fully saturated rings. The number of hydrogen-bond donors (Lipinski definition) is 1. The third-order valence-electron chi connectivity index (χ3n) is 6.16. The smallest absolute Gasteiger partial charge is 0.264 e. The van der Waals surface area contributed by atoms with Gasteiger partial charge in [0.15, 0.2) is 0 Å². The van der Waals surface area contributed by atoms with Crippen LogP contribution in [0.4, 0.5) is 10.1 Å². The fraction of sp³-hybridized carbons (Fsp3) is 0.333. The maximum Gasteiger partial charge on any atom is 0.264 e. The largest absolute Gasteiger partial charge is 0.494 e. The van der Waals surface area contributed by atoms with E-state index in [2.05, 4.69) is 5.32 Å². The average Bonchev–Trinajstić information content (AvgIpc) is 2.94. The van der Waals surface area contributed by atoms with Crippen molar-refractivity contribution in [1.29, 1.82) is 0 Å². The quantitative estimate of drug-likeness (QED) is 0.324. The molecule has 0 saturated heterocycles. The van der Waals surface area contributed by atoms with E-state index in [1.54, 1.807) is 6.92 Å². The number of sulfonamides is 1. The Kier molecular flexibility index (Phi) is 10.7. The topological polar surface area (TPSA) is 96.0 Å². The van der Waals surface area contributed by atoms with Gasteiger partial charge in [0.1, 0.15) is 24.2 Å². The average molecular weight is 570 g/mol. The molecule has 2 amide bonds. The minimum absolute atomic E-state index is 0.0644. The molecule has 3 aromatic carbocycles. The lowest BCUT2D eigenvalue weighted by Crippen LogP contribution is -2.51. The van der Waals surface area contributed by atoms with Gasteiger partial charge in [0.25, 0.3) is 10.0 Å². The van der Waals surface area contributed by atoms with E-state index >= 15 is 0 Å². The van der Waals surface area contributed by atoms with E-state index in [4.69, 9.17) is 4.74 Å². The Morgan fingerprint density at radius 1 is 0.925 bits per heavy atom. The summed E-state index contributed by atoms with van der Waals surface area (Å²) in [5, 5.41) is 2.85. The minimum Gasteiger partial charge on any atom is -0.494 e. The molecule has 3 aromatic rings. The number of hydrogen-bond acceptors (Lipinski definition) is 5. The molecule has 0 unspecified atom stereocenters. The Morgan fingerprint density at radius 3 is 2.12 bits per heavy atom. The molecule has 0 aliphatic carbocycles. The summed E-state index contributed by atoms with van der Waals surface area (Å²) in [7, 11) is -4.26. The molecular weight excluding hydrogens is 533 g/mol. The Labute approximate surface area is 235 Å². The molecule has 10 heteroatoms. The number of nitrogens with zero attached hydrogens (tertiary/aromatic N) is 2. The van der Waals surface area contributed by atoms with E-state index in [-0.39, 0.29) is 29.0 Å². The SMILES string of the molecule is CCOc1ccc(S(=O)(=O)N(CC(=O)N(Cc2ccccc2)[C@H](C)C(=O)NCC(C)C)c2ccc(F)cc2)cc1. The third-order valence-corrected chi connectivity index (χ3v) is 7.95. The number of amides is 2. The van der Waals surface area contributed by atoms with E-state index in [1.165, 1.54) is 41.3 Å². The normalized spacial score (nSPS) is 12.1. The highest BCUT2D eigenvalue weighted by molar-refractivity contribution is 7.92. The van der Waals surface area contributed by atoms with Gasteiger partial charge in [-0.05, 0) is 73.9 Å². The van der Waals surface area contributed by atoms with E-state index in [1.807, 2.05) is 51.1 Å². The van der Waals surface area contributed by atoms with Gasteiger partial charge in [-0.25, -0.2) is 12.8 Å². The highest BCUT2D eigenvalue weighted by Crippen LogP contribution is 2.26. The van der Waals surface area contributed by atoms with Crippen molar-refractivity contribution in [2.45, 2.75) is 45.2 Å². The molecule has 0 heterocycles. The molecule has 40 heavy (non-hydrogen) atoms. The van der Waals surface area contributed by atoms with Crippen LogP contribution in [0.2, 0.25) is 0 Å². The zero-order valence-electron chi connectivity index (χ0n) is 23.2. The van der Waals surface area contributed by atoms with Crippen LogP contribution in [0.15, 0.2) is 83.8 Å². The Morgan fingerprint density at radius 2 is 1.55 bits per heavy atom. The van der Waals surface area contributed by atoms with Gasteiger partial charge in [0.05, 0.1) is 17.2 Å². The second-order valence-electron chi connectivity index (χ2n) is 9.71. The van der Waals surface area contributed by atoms with Gasteiger partial charge in [-0.15, -0.1) is 0 Å². The molecule has 0 aromatic heterocycles. The summed E-state index contributed by atoms with van der Waals surface area (Å²) in [5.74, 6) is -0.769. The van der Waals surface area contributed by atoms with Crippen LogP contribution in [-0.2, 0) is 26.2 Å². The van der Waals surface area contributed by atoms with E-state index in [0.29, 0.717) is 18.9 Å². The first-order valence-electron chi connectivity index (χ1n) is 13.1. The van der Waals surface area contributed by atoms with Crippen LogP contribution >= 0.6 is 0 Å². The standard InChI is InChI=1S/C30H36FN3O5S/c1-5-39-27-15-17-28(18-16-27)40(37,38)34(26-13-11-25(31)12-14-26)21-29(35)33(20-24-9-7-6-8-10-24)23(4)30(36)32-19-22(2)3/h6-18,22-23H,5,19-21H2,1-4H3,(H,32,36)/t23-/m1/s1. The van der Waals surface area contributed by atoms with Crippen LogP contribution < -0.4 is 14.4 Å². The number of benzene rings is 3. The molecule has 0 bridgehead atoms. The van der Waals surface area contributed by atoms with Gasteiger partial charge in [-0.2, -0.15) is 0 Å². The van der Waals surface area contributed by atoms with Crippen LogP contribution in [-0.4, -0.2) is 50.9 Å². The highest BCUT2D eigenvalue weighted by Gasteiger charge is 2.32.